The van der Waals surface area contributed by atoms with Gasteiger partial charge in [-0.1, -0.05) is 6.42 Å². The van der Waals surface area contributed by atoms with Crippen molar-refractivity contribution in [2.75, 3.05) is 37.8 Å². The van der Waals surface area contributed by atoms with Crippen LogP contribution in [-0.4, -0.2) is 49.9 Å². The number of likely N-dealkylation sites (N-methyl/N-ethyl adjacent to an activating group) is 1. The number of halogens is 2. The summed E-state index contributed by atoms with van der Waals surface area (Å²) < 4.78 is 0. The van der Waals surface area contributed by atoms with Crippen molar-refractivity contribution in [2.45, 2.75) is 25.3 Å². The summed E-state index contributed by atoms with van der Waals surface area (Å²) in [6.07, 6.45) is 3.09. The van der Waals surface area contributed by atoms with Gasteiger partial charge in [-0.25, -0.2) is 0 Å². The lowest BCUT2D eigenvalue weighted by Crippen LogP contribution is -2.43. The van der Waals surface area contributed by atoms with Gasteiger partial charge >= 0.3 is 0 Å². The van der Waals surface area contributed by atoms with Crippen molar-refractivity contribution in [3.63, 3.8) is 0 Å². The molecule has 0 unspecified atom stereocenters. The van der Waals surface area contributed by atoms with Crippen molar-refractivity contribution in [1.29, 1.82) is 0 Å². The molecule has 0 saturated carbocycles. The van der Waals surface area contributed by atoms with Crippen LogP contribution in [-0.2, 0) is 9.59 Å². The topological polar surface area (TPSA) is 73.5 Å². The second kappa shape index (κ2) is 11.3. The monoisotopic (exact) mass is 376 g/mol. The summed E-state index contributed by atoms with van der Waals surface area (Å²) >= 11 is 0. The van der Waals surface area contributed by atoms with Gasteiger partial charge in [0, 0.05) is 11.4 Å². The average Bonchev–Trinajstić information content (AvgIpc) is 2.49. The Morgan fingerprint density at radius 2 is 1.67 bits per heavy atom. The van der Waals surface area contributed by atoms with E-state index in [0.29, 0.717) is 6.54 Å². The first kappa shape index (κ1) is 22.7. The number of benzene rings is 1. The molecule has 0 aliphatic carbocycles. The highest BCUT2D eigenvalue weighted by atomic mass is 35.5. The van der Waals surface area contributed by atoms with Gasteiger partial charge in [0.2, 0.25) is 11.8 Å². The molecule has 1 aliphatic rings. The molecule has 6 nitrogen and oxygen atoms in total. The van der Waals surface area contributed by atoms with E-state index < -0.39 is 0 Å². The van der Waals surface area contributed by atoms with Gasteiger partial charge in [0.15, 0.2) is 0 Å². The van der Waals surface area contributed by atoms with Gasteiger partial charge in [-0.2, -0.15) is 0 Å². The lowest BCUT2D eigenvalue weighted by atomic mass is 10.0. The van der Waals surface area contributed by atoms with E-state index in [-0.39, 0.29) is 42.7 Å². The van der Waals surface area contributed by atoms with E-state index in [1.165, 1.54) is 0 Å². The molecular weight excluding hydrogens is 351 g/mol. The maximum Gasteiger partial charge on any atom is 0.241 e. The third-order valence-corrected chi connectivity index (χ3v) is 3.52. The Kier molecular flexibility index (Phi) is 10.6. The summed E-state index contributed by atoms with van der Waals surface area (Å²) in [7, 11) is 3.69. The Labute approximate surface area is 155 Å². The molecule has 1 heterocycles. The van der Waals surface area contributed by atoms with Crippen LogP contribution in [0.3, 0.4) is 0 Å². The Morgan fingerprint density at radius 3 is 2.17 bits per heavy atom. The van der Waals surface area contributed by atoms with E-state index in [1.807, 2.05) is 14.1 Å². The second-order valence-corrected chi connectivity index (χ2v) is 5.86. The van der Waals surface area contributed by atoms with Crippen molar-refractivity contribution in [1.82, 2.24) is 10.2 Å². The fraction of sp³-hybridized carbons (Fsp3) is 0.500. The first-order valence-electron chi connectivity index (χ1n) is 7.63. The standard InChI is InChI=1S/C16H24N4O2.2ClH/c1-20(2)11-15(21)18-12-6-8-13(9-7-12)19-16(22)14-5-3-4-10-17-14;;/h6-9,14,17H,3-5,10-11H2,1-2H3,(H,18,21)(H,19,22);2*1H/t14-;;/m1../s1. The number of hydrogen-bond donors (Lipinski definition) is 3. The molecule has 1 aliphatic heterocycles. The molecule has 1 saturated heterocycles. The molecule has 2 rings (SSSR count). The summed E-state index contributed by atoms with van der Waals surface area (Å²) in [6, 6.07) is 7.07. The molecule has 1 atom stereocenters. The predicted molar refractivity (Wildman–Crippen MR) is 102 cm³/mol. The van der Waals surface area contributed by atoms with E-state index in [2.05, 4.69) is 16.0 Å². The number of anilines is 2. The van der Waals surface area contributed by atoms with Crippen LogP contribution in [0.4, 0.5) is 11.4 Å². The molecule has 2 amide bonds. The first-order chi connectivity index (χ1) is 10.5. The molecule has 8 heteroatoms. The number of nitrogens with one attached hydrogen (secondary N) is 3. The third kappa shape index (κ3) is 7.49. The second-order valence-electron chi connectivity index (χ2n) is 5.86. The molecule has 1 aromatic carbocycles. The fourth-order valence-corrected chi connectivity index (χ4v) is 2.43. The summed E-state index contributed by atoms with van der Waals surface area (Å²) in [5.41, 5.74) is 1.46. The van der Waals surface area contributed by atoms with Crippen molar-refractivity contribution in [2.24, 2.45) is 0 Å². The van der Waals surface area contributed by atoms with Gasteiger partial charge in [-0.3, -0.25) is 9.59 Å². The Balaban J connectivity index is 0.00000264. The van der Waals surface area contributed by atoms with Crippen LogP contribution in [0.1, 0.15) is 19.3 Å². The zero-order valence-corrected chi connectivity index (χ0v) is 15.6. The summed E-state index contributed by atoms with van der Waals surface area (Å²) in [5, 5.41) is 8.93. The van der Waals surface area contributed by atoms with Crippen molar-refractivity contribution in [3.05, 3.63) is 24.3 Å². The van der Waals surface area contributed by atoms with E-state index in [4.69, 9.17) is 0 Å². The molecule has 3 N–H and O–H groups in total. The number of hydrogen-bond acceptors (Lipinski definition) is 4. The van der Waals surface area contributed by atoms with Gasteiger partial charge in [0.25, 0.3) is 0 Å². The molecule has 1 aromatic rings. The lowest BCUT2D eigenvalue weighted by molar-refractivity contribution is -0.118. The number of piperidine rings is 1. The van der Waals surface area contributed by atoms with Gasteiger partial charge in [0.05, 0.1) is 12.6 Å². The highest BCUT2D eigenvalue weighted by Crippen LogP contribution is 2.15. The van der Waals surface area contributed by atoms with Crippen molar-refractivity contribution < 1.29 is 9.59 Å². The average molecular weight is 377 g/mol. The number of carbonyl (C=O) groups excluding carboxylic acids is 2. The minimum atomic E-state index is -0.103. The lowest BCUT2D eigenvalue weighted by Gasteiger charge is -2.22. The van der Waals surface area contributed by atoms with Crippen LogP contribution in [0.25, 0.3) is 0 Å². The summed E-state index contributed by atoms with van der Waals surface area (Å²) in [5.74, 6) is -0.0581. The smallest absolute Gasteiger partial charge is 0.241 e. The minimum absolute atomic E-state index is 0. The van der Waals surface area contributed by atoms with Crippen LogP contribution < -0.4 is 16.0 Å². The Morgan fingerprint density at radius 1 is 1.08 bits per heavy atom. The van der Waals surface area contributed by atoms with Crippen LogP contribution in [0.15, 0.2) is 24.3 Å². The van der Waals surface area contributed by atoms with Crippen LogP contribution in [0.2, 0.25) is 0 Å². The highest BCUT2D eigenvalue weighted by Gasteiger charge is 2.20. The molecule has 24 heavy (non-hydrogen) atoms. The quantitative estimate of drug-likeness (QED) is 0.735. The third-order valence-electron chi connectivity index (χ3n) is 3.52. The van der Waals surface area contributed by atoms with E-state index >= 15 is 0 Å². The summed E-state index contributed by atoms with van der Waals surface area (Å²) in [6.45, 7) is 1.24. The van der Waals surface area contributed by atoms with Crippen LogP contribution in [0, 0.1) is 0 Å². The van der Waals surface area contributed by atoms with Crippen molar-refractivity contribution >= 4 is 48.0 Å². The number of nitrogens with zero attached hydrogens (tertiary/aromatic N) is 1. The zero-order chi connectivity index (χ0) is 15.9. The van der Waals surface area contributed by atoms with Gasteiger partial charge in [-0.05, 0) is 57.7 Å². The SMILES string of the molecule is CN(C)CC(=O)Nc1ccc(NC(=O)[C@H]2CCCCN2)cc1.Cl.Cl. The fourth-order valence-electron chi connectivity index (χ4n) is 2.43. The van der Waals surface area contributed by atoms with Crippen LogP contribution >= 0.6 is 24.8 Å². The molecular formula is C16H26Cl2N4O2. The Bertz CT molecular complexity index is 517. The van der Waals surface area contributed by atoms with Gasteiger partial charge < -0.3 is 20.9 Å². The van der Waals surface area contributed by atoms with Crippen molar-refractivity contribution in [3.8, 4) is 0 Å². The number of amides is 2. The Hall–Kier alpha value is -1.34. The first-order valence-corrected chi connectivity index (χ1v) is 7.63. The molecule has 136 valence electrons. The summed E-state index contributed by atoms with van der Waals surface area (Å²) in [4.78, 5) is 25.6. The van der Waals surface area contributed by atoms with E-state index in [0.717, 1.165) is 37.2 Å². The molecule has 1 fully saturated rings. The van der Waals surface area contributed by atoms with E-state index in [1.54, 1.807) is 29.2 Å². The molecule has 0 bridgehead atoms. The normalized spacial score (nSPS) is 16.5. The minimum Gasteiger partial charge on any atom is -0.325 e. The van der Waals surface area contributed by atoms with Gasteiger partial charge in [-0.15, -0.1) is 24.8 Å². The van der Waals surface area contributed by atoms with Gasteiger partial charge in [0.1, 0.15) is 0 Å². The molecule has 0 aromatic heterocycles. The largest absolute Gasteiger partial charge is 0.325 e. The maximum absolute atomic E-state index is 12.1. The molecule has 0 radical (unpaired) electrons. The van der Waals surface area contributed by atoms with Crippen LogP contribution in [0.5, 0.6) is 0 Å². The highest BCUT2D eigenvalue weighted by molar-refractivity contribution is 5.96. The number of rotatable bonds is 5. The zero-order valence-electron chi connectivity index (χ0n) is 14.0. The van der Waals surface area contributed by atoms with E-state index in [9.17, 15) is 9.59 Å². The maximum atomic E-state index is 12.1. The number of carbonyl (C=O) groups is 2. The predicted octanol–water partition coefficient (Wildman–Crippen LogP) is 2.11. The molecule has 0 spiro atoms.